The van der Waals surface area contributed by atoms with Crippen molar-refractivity contribution in [3.63, 3.8) is 0 Å². The Kier molecular flexibility index (Phi) is 3.76. The first-order chi connectivity index (χ1) is 8.06. The van der Waals surface area contributed by atoms with E-state index >= 15 is 0 Å². The highest BCUT2D eigenvalue weighted by atomic mass is 79.9. The minimum Gasteiger partial charge on any atom is -0.433 e. The van der Waals surface area contributed by atoms with E-state index in [4.69, 9.17) is 27.9 Å². The lowest BCUT2D eigenvalue weighted by atomic mass is 10.3. The molecule has 1 heterocycles. The summed E-state index contributed by atoms with van der Waals surface area (Å²) in [5.41, 5.74) is 0. The van der Waals surface area contributed by atoms with Gasteiger partial charge in [0.25, 0.3) is 5.88 Å². The third-order valence-electron chi connectivity index (χ3n) is 1.69. The number of halogens is 4. The van der Waals surface area contributed by atoms with Gasteiger partial charge in [-0.2, -0.15) is 4.98 Å². The highest BCUT2D eigenvalue weighted by Gasteiger charge is 2.12. The first kappa shape index (κ1) is 12.5. The summed E-state index contributed by atoms with van der Waals surface area (Å²) in [6, 6.07) is 4.21. The molecule has 0 aliphatic rings. The van der Waals surface area contributed by atoms with Gasteiger partial charge in [-0.3, -0.25) is 0 Å². The summed E-state index contributed by atoms with van der Waals surface area (Å²) in [6.45, 7) is 0. The SMILES string of the molecule is Fc1ccc(Br)cc1Oc1nc(Cl)nnc1Cl. The summed E-state index contributed by atoms with van der Waals surface area (Å²) in [5, 5.41) is 6.66. The third-order valence-corrected chi connectivity index (χ3v) is 2.58. The molecular formula is C9H3BrCl2FN3O. The Morgan fingerprint density at radius 2 is 2.00 bits per heavy atom. The lowest BCUT2D eigenvalue weighted by Crippen LogP contribution is -1.96. The van der Waals surface area contributed by atoms with E-state index in [9.17, 15) is 4.39 Å². The summed E-state index contributed by atoms with van der Waals surface area (Å²) in [4.78, 5) is 3.69. The van der Waals surface area contributed by atoms with Gasteiger partial charge in [0.1, 0.15) is 0 Å². The van der Waals surface area contributed by atoms with E-state index in [1.165, 1.54) is 18.2 Å². The molecule has 1 aromatic carbocycles. The fourth-order valence-electron chi connectivity index (χ4n) is 1.00. The van der Waals surface area contributed by atoms with Crippen LogP contribution in [0, 0.1) is 5.82 Å². The Balaban J connectivity index is 2.37. The van der Waals surface area contributed by atoms with Crippen molar-refractivity contribution in [2.75, 3.05) is 0 Å². The lowest BCUT2D eigenvalue weighted by Gasteiger charge is -2.06. The van der Waals surface area contributed by atoms with Gasteiger partial charge in [0.05, 0.1) is 0 Å². The molecule has 0 saturated carbocycles. The van der Waals surface area contributed by atoms with Crippen molar-refractivity contribution in [1.82, 2.24) is 15.2 Å². The summed E-state index contributed by atoms with van der Waals surface area (Å²) < 4.78 is 19.2. The van der Waals surface area contributed by atoms with Crippen molar-refractivity contribution in [2.24, 2.45) is 0 Å². The molecule has 0 spiro atoms. The van der Waals surface area contributed by atoms with Gasteiger partial charge in [0.15, 0.2) is 11.6 Å². The van der Waals surface area contributed by atoms with E-state index in [1.54, 1.807) is 0 Å². The molecule has 1 aromatic heterocycles. The van der Waals surface area contributed by atoms with Crippen LogP contribution in [0.3, 0.4) is 0 Å². The molecule has 2 rings (SSSR count). The number of aromatic nitrogens is 3. The Labute approximate surface area is 114 Å². The van der Waals surface area contributed by atoms with Crippen LogP contribution in [0.5, 0.6) is 11.6 Å². The molecule has 0 fully saturated rings. The van der Waals surface area contributed by atoms with E-state index in [2.05, 4.69) is 31.1 Å². The molecule has 0 aliphatic heterocycles. The molecule has 0 amide bonds. The largest absolute Gasteiger partial charge is 0.433 e. The van der Waals surface area contributed by atoms with Gasteiger partial charge < -0.3 is 4.74 Å². The fourth-order valence-corrected chi connectivity index (χ4v) is 1.58. The van der Waals surface area contributed by atoms with Crippen molar-refractivity contribution in [3.8, 4) is 11.6 Å². The molecule has 0 aliphatic carbocycles. The van der Waals surface area contributed by atoms with E-state index in [-0.39, 0.29) is 22.1 Å². The normalized spacial score (nSPS) is 10.4. The minimum atomic E-state index is -0.556. The summed E-state index contributed by atoms with van der Waals surface area (Å²) in [5.74, 6) is -0.708. The quantitative estimate of drug-likeness (QED) is 0.833. The van der Waals surface area contributed by atoms with Crippen LogP contribution >= 0.6 is 39.1 Å². The number of ether oxygens (including phenoxy) is 1. The standard InChI is InChI=1S/C9H3BrCl2FN3O/c10-4-1-2-5(13)6(3-4)17-8-7(11)15-16-9(12)14-8/h1-3H. The smallest absolute Gasteiger partial charge is 0.262 e. The first-order valence-electron chi connectivity index (χ1n) is 4.25. The van der Waals surface area contributed by atoms with E-state index in [0.29, 0.717) is 4.47 Å². The summed E-state index contributed by atoms with van der Waals surface area (Å²) in [6.07, 6.45) is 0. The van der Waals surface area contributed by atoms with Crippen molar-refractivity contribution >= 4 is 39.1 Å². The molecule has 8 heteroatoms. The fraction of sp³-hybridized carbons (Fsp3) is 0. The molecule has 0 unspecified atom stereocenters. The maximum atomic E-state index is 13.4. The van der Waals surface area contributed by atoms with Crippen LogP contribution in [0.15, 0.2) is 22.7 Å². The molecule has 0 atom stereocenters. The highest BCUT2D eigenvalue weighted by Crippen LogP contribution is 2.29. The molecule has 0 radical (unpaired) electrons. The second-order valence-electron chi connectivity index (χ2n) is 2.85. The van der Waals surface area contributed by atoms with Gasteiger partial charge in [-0.15, -0.1) is 10.2 Å². The van der Waals surface area contributed by atoms with E-state index < -0.39 is 5.82 Å². The minimum absolute atomic E-state index is 0.0437. The number of rotatable bonds is 2. The second kappa shape index (κ2) is 5.12. The predicted octanol–water partition coefficient (Wildman–Crippen LogP) is 3.87. The van der Waals surface area contributed by atoms with Crippen LogP contribution in [0.25, 0.3) is 0 Å². The number of benzene rings is 1. The Hall–Kier alpha value is -0.980. The number of hydrogen-bond donors (Lipinski definition) is 0. The van der Waals surface area contributed by atoms with Crippen LogP contribution in [0.1, 0.15) is 0 Å². The lowest BCUT2D eigenvalue weighted by molar-refractivity contribution is 0.423. The van der Waals surface area contributed by atoms with Gasteiger partial charge in [-0.05, 0) is 29.8 Å². The monoisotopic (exact) mass is 337 g/mol. The van der Waals surface area contributed by atoms with Gasteiger partial charge in [0, 0.05) is 4.47 Å². The molecule has 0 saturated heterocycles. The van der Waals surface area contributed by atoms with Crippen LogP contribution in [-0.2, 0) is 0 Å². The van der Waals surface area contributed by atoms with Crippen LogP contribution < -0.4 is 4.74 Å². The Morgan fingerprint density at radius 1 is 1.24 bits per heavy atom. The topological polar surface area (TPSA) is 47.9 Å². The van der Waals surface area contributed by atoms with Crippen molar-refractivity contribution in [1.29, 1.82) is 0 Å². The van der Waals surface area contributed by atoms with Gasteiger partial charge in [-0.1, -0.05) is 27.5 Å². The second-order valence-corrected chi connectivity index (χ2v) is 4.47. The molecule has 0 bridgehead atoms. The maximum Gasteiger partial charge on any atom is 0.262 e. The zero-order valence-electron chi connectivity index (χ0n) is 7.99. The molecular weight excluding hydrogens is 336 g/mol. The zero-order chi connectivity index (χ0) is 12.4. The Bertz CT molecular complexity index is 520. The van der Waals surface area contributed by atoms with Gasteiger partial charge >= 0.3 is 0 Å². The van der Waals surface area contributed by atoms with Crippen LogP contribution in [0.4, 0.5) is 4.39 Å². The number of hydrogen-bond acceptors (Lipinski definition) is 4. The third kappa shape index (κ3) is 3.02. The summed E-state index contributed by atoms with van der Waals surface area (Å²) in [7, 11) is 0. The first-order valence-corrected chi connectivity index (χ1v) is 5.80. The average molecular weight is 339 g/mol. The Morgan fingerprint density at radius 3 is 2.76 bits per heavy atom. The maximum absolute atomic E-state index is 13.4. The van der Waals surface area contributed by atoms with E-state index in [0.717, 1.165) is 0 Å². The van der Waals surface area contributed by atoms with Crippen molar-refractivity contribution in [3.05, 3.63) is 38.9 Å². The van der Waals surface area contributed by atoms with Crippen LogP contribution in [0.2, 0.25) is 10.4 Å². The number of nitrogens with zero attached hydrogens (tertiary/aromatic N) is 3. The highest BCUT2D eigenvalue weighted by molar-refractivity contribution is 9.10. The zero-order valence-corrected chi connectivity index (χ0v) is 11.1. The van der Waals surface area contributed by atoms with Crippen molar-refractivity contribution in [2.45, 2.75) is 0 Å². The van der Waals surface area contributed by atoms with Gasteiger partial charge in [-0.25, -0.2) is 4.39 Å². The molecule has 88 valence electrons. The molecule has 4 nitrogen and oxygen atoms in total. The van der Waals surface area contributed by atoms with E-state index in [1.807, 2.05) is 0 Å². The van der Waals surface area contributed by atoms with Crippen molar-refractivity contribution < 1.29 is 9.13 Å². The predicted molar refractivity (Wildman–Crippen MR) is 64.0 cm³/mol. The summed E-state index contributed by atoms with van der Waals surface area (Å²) >= 11 is 14.4. The van der Waals surface area contributed by atoms with Crippen LogP contribution in [-0.4, -0.2) is 15.2 Å². The molecule has 0 N–H and O–H groups in total. The molecule has 2 aromatic rings. The average Bonchev–Trinajstić information content (AvgIpc) is 2.28. The molecule has 17 heavy (non-hydrogen) atoms. The van der Waals surface area contributed by atoms with Gasteiger partial charge in [0.2, 0.25) is 10.4 Å².